The van der Waals surface area contributed by atoms with E-state index in [0.29, 0.717) is 10.6 Å². The quantitative estimate of drug-likeness (QED) is 0.854. The van der Waals surface area contributed by atoms with E-state index in [9.17, 15) is 9.90 Å². The van der Waals surface area contributed by atoms with Crippen molar-refractivity contribution in [1.29, 1.82) is 0 Å². The molecule has 0 saturated carbocycles. The van der Waals surface area contributed by atoms with E-state index >= 15 is 0 Å². The first-order chi connectivity index (χ1) is 7.29. The van der Waals surface area contributed by atoms with Crippen molar-refractivity contribution in [3.8, 4) is 5.75 Å². The van der Waals surface area contributed by atoms with E-state index in [0.717, 1.165) is 6.42 Å². The molecule has 4 heteroatoms. The van der Waals surface area contributed by atoms with Crippen molar-refractivity contribution >= 4 is 17.6 Å². The van der Waals surface area contributed by atoms with Gasteiger partial charge in [0.2, 0.25) is 0 Å². The Labute approximate surface area is 99.7 Å². The summed E-state index contributed by atoms with van der Waals surface area (Å²) in [5.74, 6) is -1.36. The van der Waals surface area contributed by atoms with E-state index in [1.54, 1.807) is 6.07 Å². The predicted molar refractivity (Wildman–Crippen MR) is 63.4 cm³/mol. The number of hydrogen-bond acceptors (Lipinski definition) is 2. The molecule has 0 aliphatic carbocycles. The fraction of sp³-hybridized carbons (Fsp3) is 0.417. The van der Waals surface area contributed by atoms with E-state index < -0.39 is 5.97 Å². The molecule has 2 N–H and O–H groups in total. The van der Waals surface area contributed by atoms with Gasteiger partial charge in [0, 0.05) is 10.6 Å². The summed E-state index contributed by atoms with van der Waals surface area (Å²) in [4.78, 5) is 10.9. The molecular formula is C12H15ClO3. The summed E-state index contributed by atoms with van der Waals surface area (Å²) in [6, 6.07) is 2.88. The van der Waals surface area contributed by atoms with E-state index in [2.05, 4.69) is 0 Å². The molecule has 0 radical (unpaired) electrons. The maximum Gasteiger partial charge on any atom is 0.339 e. The summed E-state index contributed by atoms with van der Waals surface area (Å²) in [5.41, 5.74) is 0.114. The second kappa shape index (κ2) is 4.34. The van der Waals surface area contributed by atoms with Crippen LogP contribution in [0.15, 0.2) is 12.1 Å². The molecule has 88 valence electrons. The SMILES string of the molecule is CCC(C)(C)c1cc(Cl)cc(C(=O)O)c1O. The lowest BCUT2D eigenvalue weighted by Crippen LogP contribution is -2.17. The van der Waals surface area contributed by atoms with Gasteiger partial charge in [-0.15, -0.1) is 0 Å². The molecule has 0 aliphatic rings. The lowest BCUT2D eigenvalue weighted by atomic mass is 9.81. The molecule has 0 aliphatic heterocycles. The topological polar surface area (TPSA) is 57.5 Å². The van der Waals surface area contributed by atoms with Gasteiger partial charge in [0.15, 0.2) is 0 Å². The Bertz CT molecular complexity index is 425. The second-order valence-electron chi connectivity index (χ2n) is 4.39. The molecule has 0 bridgehead atoms. The average molecular weight is 243 g/mol. The molecule has 1 aromatic rings. The second-order valence-corrected chi connectivity index (χ2v) is 4.83. The summed E-state index contributed by atoms with van der Waals surface area (Å²) in [7, 11) is 0. The summed E-state index contributed by atoms with van der Waals surface area (Å²) in [5, 5.41) is 19.2. The molecule has 16 heavy (non-hydrogen) atoms. The monoisotopic (exact) mass is 242 g/mol. The molecule has 3 nitrogen and oxygen atoms in total. The van der Waals surface area contributed by atoms with Crippen molar-refractivity contribution in [2.24, 2.45) is 0 Å². The Morgan fingerprint density at radius 2 is 2.00 bits per heavy atom. The first-order valence-corrected chi connectivity index (χ1v) is 5.43. The van der Waals surface area contributed by atoms with Crippen LogP contribution in [0.5, 0.6) is 5.75 Å². The maximum absolute atomic E-state index is 10.9. The Balaban J connectivity index is 3.47. The number of carboxylic acids is 1. The van der Waals surface area contributed by atoms with Crippen LogP contribution >= 0.6 is 11.6 Å². The van der Waals surface area contributed by atoms with Crippen LogP contribution in [0.1, 0.15) is 43.1 Å². The third-order valence-corrected chi connectivity index (χ3v) is 3.14. The Morgan fingerprint density at radius 3 is 2.44 bits per heavy atom. The highest BCUT2D eigenvalue weighted by Crippen LogP contribution is 2.37. The molecule has 0 unspecified atom stereocenters. The van der Waals surface area contributed by atoms with E-state index in [1.807, 2.05) is 20.8 Å². The molecule has 0 heterocycles. The van der Waals surface area contributed by atoms with Gasteiger partial charge in [0.1, 0.15) is 11.3 Å². The minimum absolute atomic E-state index is 0.149. The third kappa shape index (κ3) is 2.30. The van der Waals surface area contributed by atoms with E-state index in [4.69, 9.17) is 16.7 Å². The molecular weight excluding hydrogens is 228 g/mol. The average Bonchev–Trinajstić information content (AvgIpc) is 2.20. The highest BCUT2D eigenvalue weighted by atomic mass is 35.5. The van der Waals surface area contributed by atoms with Gasteiger partial charge in [0.25, 0.3) is 0 Å². The molecule has 1 rings (SSSR count). The van der Waals surface area contributed by atoms with Gasteiger partial charge < -0.3 is 10.2 Å². The van der Waals surface area contributed by atoms with Crippen molar-refractivity contribution in [2.75, 3.05) is 0 Å². The molecule has 0 amide bonds. The Hall–Kier alpha value is -1.22. The van der Waals surface area contributed by atoms with Crippen molar-refractivity contribution in [2.45, 2.75) is 32.6 Å². The van der Waals surface area contributed by atoms with Crippen LogP contribution in [0, 0.1) is 0 Å². The first-order valence-electron chi connectivity index (χ1n) is 5.06. The highest BCUT2D eigenvalue weighted by Gasteiger charge is 2.25. The van der Waals surface area contributed by atoms with Crippen molar-refractivity contribution in [3.05, 3.63) is 28.3 Å². The number of hydrogen-bond donors (Lipinski definition) is 2. The minimum atomic E-state index is -1.17. The number of aromatic carboxylic acids is 1. The maximum atomic E-state index is 10.9. The van der Waals surface area contributed by atoms with Crippen molar-refractivity contribution in [3.63, 3.8) is 0 Å². The van der Waals surface area contributed by atoms with Crippen LogP contribution in [0.3, 0.4) is 0 Å². The zero-order valence-corrected chi connectivity index (χ0v) is 10.3. The summed E-state index contributed by atoms with van der Waals surface area (Å²) in [6.07, 6.45) is 0.778. The molecule has 0 saturated heterocycles. The standard InChI is InChI=1S/C12H15ClO3/c1-4-12(2,3)9-6-7(13)5-8(10(9)14)11(15)16/h5-6,14H,4H2,1-3H3,(H,15,16). The highest BCUT2D eigenvalue weighted by molar-refractivity contribution is 6.31. The normalized spacial score (nSPS) is 11.5. The van der Waals surface area contributed by atoms with Crippen LogP contribution < -0.4 is 0 Å². The van der Waals surface area contributed by atoms with E-state index in [1.165, 1.54) is 6.07 Å². The number of carbonyl (C=O) groups is 1. The Kier molecular flexibility index (Phi) is 3.48. The lowest BCUT2D eigenvalue weighted by molar-refractivity contribution is 0.0693. The Morgan fingerprint density at radius 1 is 1.44 bits per heavy atom. The number of benzene rings is 1. The first kappa shape index (κ1) is 12.8. The fourth-order valence-electron chi connectivity index (χ4n) is 1.47. The van der Waals surface area contributed by atoms with Gasteiger partial charge in [-0.1, -0.05) is 32.4 Å². The van der Waals surface area contributed by atoms with Gasteiger partial charge in [-0.25, -0.2) is 4.79 Å². The third-order valence-electron chi connectivity index (χ3n) is 2.92. The number of aromatic hydroxyl groups is 1. The smallest absolute Gasteiger partial charge is 0.339 e. The van der Waals surface area contributed by atoms with Crippen LogP contribution in [0.4, 0.5) is 0 Å². The summed E-state index contributed by atoms with van der Waals surface area (Å²) < 4.78 is 0. The number of halogens is 1. The van der Waals surface area contributed by atoms with Gasteiger partial charge in [-0.05, 0) is 24.0 Å². The summed E-state index contributed by atoms with van der Waals surface area (Å²) in [6.45, 7) is 5.84. The zero-order valence-electron chi connectivity index (χ0n) is 9.54. The number of rotatable bonds is 3. The van der Waals surface area contributed by atoms with Gasteiger partial charge in [-0.2, -0.15) is 0 Å². The largest absolute Gasteiger partial charge is 0.507 e. The van der Waals surface area contributed by atoms with E-state index in [-0.39, 0.29) is 16.7 Å². The van der Waals surface area contributed by atoms with Crippen molar-refractivity contribution in [1.82, 2.24) is 0 Å². The van der Waals surface area contributed by atoms with Gasteiger partial charge >= 0.3 is 5.97 Å². The minimum Gasteiger partial charge on any atom is -0.507 e. The fourth-order valence-corrected chi connectivity index (χ4v) is 1.69. The molecule has 0 atom stereocenters. The van der Waals surface area contributed by atoms with Crippen LogP contribution in [-0.4, -0.2) is 16.2 Å². The zero-order chi connectivity index (χ0) is 12.5. The predicted octanol–water partition coefficient (Wildman–Crippen LogP) is 3.43. The van der Waals surface area contributed by atoms with Gasteiger partial charge in [0.05, 0.1) is 0 Å². The molecule has 0 aromatic heterocycles. The lowest BCUT2D eigenvalue weighted by Gasteiger charge is -2.25. The van der Waals surface area contributed by atoms with Crippen molar-refractivity contribution < 1.29 is 15.0 Å². The molecule has 0 spiro atoms. The number of phenols is 1. The van der Waals surface area contributed by atoms with Crippen LogP contribution in [0.2, 0.25) is 5.02 Å². The van der Waals surface area contributed by atoms with Crippen LogP contribution in [0.25, 0.3) is 0 Å². The van der Waals surface area contributed by atoms with Crippen LogP contribution in [-0.2, 0) is 5.41 Å². The van der Waals surface area contributed by atoms with Gasteiger partial charge in [-0.3, -0.25) is 0 Å². The number of carboxylic acid groups (broad SMARTS) is 1. The molecule has 0 fully saturated rings. The summed E-state index contributed by atoms with van der Waals surface area (Å²) >= 11 is 5.85. The molecule has 1 aromatic carbocycles.